The lowest BCUT2D eigenvalue weighted by Gasteiger charge is -2.27. The fraction of sp³-hybridized carbons (Fsp3) is 0.0541. The lowest BCUT2D eigenvalue weighted by Crippen LogP contribution is -2.30. The third-order valence-electron chi connectivity index (χ3n) is 6.88. The molecule has 5 aromatic rings. The van der Waals surface area contributed by atoms with E-state index >= 15 is 0 Å². The molecule has 0 spiro atoms. The first-order valence-corrected chi connectivity index (χ1v) is 13.1. The molecule has 0 unspecified atom stereocenters. The molecule has 5 rings (SSSR count). The molecule has 2 nitrogen and oxygen atoms in total. The van der Waals surface area contributed by atoms with Gasteiger partial charge in [0, 0.05) is 0 Å². The molecular formula is C37H30O2. The summed E-state index contributed by atoms with van der Waals surface area (Å²) in [5.41, 5.74) is 5.25. The van der Waals surface area contributed by atoms with Crippen molar-refractivity contribution in [2.24, 2.45) is 5.41 Å². The number of hydrogen-bond donors (Lipinski definition) is 1. The summed E-state index contributed by atoms with van der Waals surface area (Å²) in [6.07, 6.45) is 4.19. The summed E-state index contributed by atoms with van der Waals surface area (Å²) in [7, 11) is 0. The molecule has 39 heavy (non-hydrogen) atoms. The highest BCUT2D eigenvalue weighted by Crippen LogP contribution is 2.38. The first-order chi connectivity index (χ1) is 19.1. The van der Waals surface area contributed by atoms with Crippen molar-refractivity contribution in [3.8, 4) is 0 Å². The quantitative estimate of drug-likeness (QED) is 0.217. The van der Waals surface area contributed by atoms with E-state index in [-0.39, 0.29) is 0 Å². The molecule has 0 radical (unpaired) electrons. The van der Waals surface area contributed by atoms with Crippen molar-refractivity contribution < 1.29 is 9.90 Å². The van der Waals surface area contributed by atoms with Crippen molar-refractivity contribution in [3.63, 3.8) is 0 Å². The van der Waals surface area contributed by atoms with Crippen LogP contribution in [-0.4, -0.2) is 11.1 Å². The predicted octanol–water partition coefficient (Wildman–Crippen LogP) is 8.56. The lowest BCUT2D eigenvalue weighted by atomic mass is 9.75. The molecule has 0 aromatic heterocycles. The summed E-state index contributed by atoms with van der Waals surface area (Å²) in [6, 6.07) is 49.9. The van der Waals surface area contributed by atoms with Gasteiger partial charge in [0.15, 0.2) is 0 Å². The maximum atomic E-state index is 13.5. The SMILES string of the molecule is O=C(O)C(C=C(c1ccccc1)c1ccccc1)(C=C(c1ccccc1)c1ccccc1)Cc1ccccc1. The van der Waals surface area contributed by atoms with Crippen LogP contribution in [-0.2, 0) is 11.2 Å². The van der Waals surface area contributed by atoms with Gasteiger partial charge in [-0.05, 0) is 45.4 Å². The van der Waals surface area contributed by atoms with Gasteiger partial charge in [-0.1, -0.05) is 164 Å². The minimum absolute atomic E-state index is 0.301. The third-order valence-corrected chi connectivity index (χ3v) is 6.88. The van der Waals surface area contributed by atoms with Crippen LogP contribution in [0.2, 0.25) is 0 Å². The van der Waals surface area contributed by atoms with E-state index in [0.717, 1.165) is 39.0 Å². The highest BCUT2D eigenvalue weighted by Gasteiger charge is 2.36. The van der Waals surface area contributed by atoms with Crippen LogP contribution in [0.1, 0.15) is 27.8 Å². The van der Waals surface area contributed by atoms with E-state index in [1.54, 1.807) is 0 Å². The van der Waals surface area contributed by atoms with Crippen LogP contribution in [0.4, 0.5) is 0 Å². The average molecular weight is 507 g/mol. The molecule has 0 saturated heterocycles. The molecule has 0 saturated carbocycles. The van der Waals surface area contributed by atoms with E-state index in [2.05, 4.69) is 0 Å². The summed E-state index contributed by atoms with van der Waals surface area (Å²) in [5.74, 6) is -0.903. The standard InChI is InChI=1S/C37H30O2/c38-36(39)37(26-29-16-6-1-7-17-29,27-34(30-18-8-2-9-19-30)31-20-10-3-11-21-31)28-35(32-22-12-4-13-23-32)33-24-14-5-15-25-33/h1-25,27-28H,26H2,(H,38,39). The van der Waals surface area contributed by atoms with E-state index in [1.165, 1.54) is 0 Å². The van der Waals surface area contributed by atoms with Crippen LogP contribution in [0.15, 0.2) is 164 Å². The van der Waals surface area contributed by atoms with Gasteiger partial charge in [0.1, 0.15) is 5.41 Å². The highest BCUT2D eigenvalue weighted by molar-refractivity contribution is 5.92. The topological polar surface area (TPSA) is 37.3 Å². The monoisotopic (exact) mass is 506 g/mol. The van der Waals surface area contributed by atoms with Crippen LogP contribution in [0.3, 0.4) is 0 Å². The van der Waals surface area contributed by atoms with E-state index in [1.807, 2.05) is 164 Å². The van der Waals surface area contributed by atoms with E-state index in [0.29, 0.717) is 6.42 Å². The molecule has 0 aliphatic carbocycles. The Balaban J connectivity index is 1.82. The lowest BCUT2D eigenvalue weighted by molar-refractivity contribution is -0.143. The van der Waals surface area contributed by atoms with Crippen LogP contribution in [0.25, 0.3) is 11.1 Å². The molecule has 0 aliphatic rings. The van der Waals surface area contributed by atoms with Gasteiger partial charge in [-0.3, -0.25) is 4.79 Å². The summed E-state index contributed by atoms with van der Waals surface area (Å²) in [6.45, 7) is 0. The Kier molecular flexibility index (Phi) is 7.95. The van der Waals surface area contributed by atoms with Crippen molar-refractivity contribution in [2.45, 2.75) is 6.42 Å². The first kappa shape index (κ1) is 25.7. The molecule has 0 bridgehead atoms. The normalized spacial score (nSPS) is 10.9. The number of carboxylic acids is 1. The zero-order chi connectivity index (χ0) is 26.9. The van der Waals surface area contributed by atoms with Crippen molar-refractivity contribution >= 4 is 17.1 Å². The van der Waals surface area contributed by atoms with Gasteiger partial charge < -0.3 is 5.11 Å². The number of hydrogen-bond acceptors (Lipinski definition) is 1. The molecule has 1 N–H and O–H groups in total. The smallest absolute Gasteiger partial charge is 0.317 e. The van der Waals surface area contributed by atoms with Crippen LogP contribution in [0.5, 0.6) is 0 Å². The Labute approximate surface area is 230 Å². The number of aliphatic carboxylic acids is 1. The van der Waals surface area contributed by atoms with Crippen LogP contribution in [0, 0.1) is 5.41 Å². The average Bonchev–Trinajstić information content (AvgIpc) is 3.00. The summed E-state index contributed by atoms with van der Waals surface area (Å²) < 4.78 is 0. The van der Waals surface area contributed by atoms with Crippen molar-refractivity contribution in [1.82, 2.24) is 0 Å². The second kappa shape index (κ2) is 12.1. The first-order valence-electron chi connectivity index (χ1n) is 13.1. The molecule has 0 amide bonds. The summed E-state index contributed by atoms with van der Waals surface area (Å²) in [4.78, 5) is 13.5. The van der Waals surface area contributed by atoms with E-state index in [9.17, 15) is 9.90 Å². The van der Waals surface area contributed by atoms with Gasteiger partial charge in [-0.15, -0.1) is 0 Å². The van der Waals surface area contributed by atoms with Gasteiger partial charge in [-0.2, -0.15) is 0 Å². The number of benzene rings is 5. The zero-order valence-electron chi connectivity index (χ0n) is 21.7. The molecule has 0 heterocycles. The van der Waals surface area contributed by atoms with Crippen molar-refractivity contribution in [3.05, 3.63) is 192 Å². The maximum absolute atomic E-state index is 13.5. The zero-order valence-corrected chi connectivity index (χ0v) is 21.7. The van der Waals surface area contributed by atoms with Gasteiger partial charge in [0.05, 0.1) is 0 Å². The fourth-order valence-corrected chi connectivity index (χ4v) is 4.93. The Morgan fingerprint density at radius 2 is 0.769 bits per heavy atom. The Morgan fingerprint density at radius 3 is 1.05 bits per heavy atom. The fourth-order valence-electron chi connectivity index (χ4n) is 4.93. The Morgan fingerprint density at radius 1 is 0.487 bits per heavy atom. The predicted molar refractivity (Wildman–Crippen MR) is 160 cm³/mol. The summed E-state index contributed by atoms with van der Waals surface area (Å²) in [5, 5.41) is 11.1. The molecule has 0 atom stereocenters. The molecule has 0 aliphatic heterocycles. The molecular weight excluding hydrogens is 476 g/mol. The molecule has 2 heteroatoms. The Bertz CT molecular complexity index is 1380. The van der Waals surface area contributed by atoms with Crippen LogP contribution < -0.4 is 0 Å². The second-order valence-electron chi connectivity index (χ2n) is 9.59. The van der Waals surface area contributed by atoms with Gasteiger partial charge in [0.25, 0.3) is 0 Å². The van der Waals surface area contributed by atoms with Gasteiger partial charge in [-0.25, -0.2) is 0 Å². The van der Waals surface area contributed by atoms with Crippen molar-refractivity contribution in [1.29, 1.82) is 0 Å². The molecule has 0 fully saturated rings. The van der Waals surface area contributed by atoms with Gasteiger partial charge in [0.2, 0.25) is 0 Å². The number of rotatable bonds is 9. The minimum atomic E-state index is -1.34. The number of carboxylic acid groups (broad SMARTS) is 1. The summed E-state index contributed by atoms with van der Waals surface area (Å²) >= 11 is 0. The Hall–Kier alpha value is -4.95. The minimum Gasteiger partial charge on any atom is -0.480 e. The van der Waals surface area contributed by atoms with Crippen LogP contribution >= 0.6 is 0 Å². The van der Waals surface area contributed by atoms with E-state index in [4.69, 9.17) is 0 Å². The molecule has 5 aromatic carbocycles. The number of carbonyl (C=O) groups is 1. The highest BCUT2D eigenvalue weighted by atomic mass is 16.4. The second-order valence-corrected chi connectivity index (χ2v) is 9.59. The maximum Gasteiger partial charge on any atom is 0.317 e. The largest absolute Gasteiger partial charge is 0.480 e. The van der Waals surface area contributed by atoms with Gasteiger partial charge >= 0.3 is 5.97 Å². The third kappa shape index (κ3) is 6.14. The van der Waals surface area contributed by atoms with Crippen molar-refractivity contribution in [2.75, 3.05) is 0 Å². The molecule has 190 valence electrons. The van der Waals surface area contributed by atoms with E-state index < -0.39 is 11.4 Å².